The first kappa shape index (κ1) is 13.2. The molecule has 1 amide bonds. The summed E-state index contributed by atoms with van der Waals surface area (Å²) in [5, 5.41) is 13.5. The van der Waals surface area contributed by atoms with E-state index >= 15 is 0 Å². The molecule has 6 nitrogen and oxygen atoms in total. The standard InChI is InChI=1S/C13H17N5O/c19-13(16-12-5-2-1-3-6-12)11-14-7-4-9-18-10-8-15-17-18/h1-3,5-6,8,10,14H,4,7,9,11H2,(H,16,19). The van der Waals surface area contributed by atoms with Gasteiger partial charge in [0.15, 0.2) is 0 Å². The molecular formula is C13H17N5O. The summed E-state index contributed by atoms with van der Waals surface area (Å²) >= 11 is 0. The first-order valence-corrected chi connectivity index (χ1v) is 6.24. The van der Waals surface area contributed by atoms with Crippen molar-refractivity contribution in [2.75, 3.05) is 18.4 Å². The Bertz CT molecular complexity index is 483. The molecular weight excluding hydrogens is 242 g/mol. The van der Waals surface area contributed by atoms with Gasteiger partial charge in [-0.05, 0) is 25.1 Å². The van der Waals surface area contributed by atoms with Crippen LogP contribution in [0.4, 0.5) is 5.69 Å². The van der Waals surface area contributed by atoms with E-state index in [2.05, 4.69) is 20.9 Å². The van der Waals surface area contributed by atoms with Crippen LogP contribution >= 0.6 is 0 Å². The van der Waals surface area contributed by atoms with Crippen molar-refractivity contribution in [2.45, 2.75) is 13.0 Å². The zero-order valence-corrected chi connectivity index (χ0v) is 10.6. The molecule has 0 aliphatic rings. The maximum absolute atomic E-state index is 11.6. The number of nitrogens with one attached hydrogen (secondary N) is 2. The lowest BCUT2D eigenvalue weighted by Crippen LogP contribution is -2.29. The Kier molecular flexibility index (Phi) is 5.06. The number of hydrogen-bond acceptors (Lipinski definition) is 4. The van der Waals surface area contributed by atoms with Crippen molar-refractivity contribution in [2.24, 2.45) is 0 Å². The number of carbonyl (C=O) groups excluding carboxylic acids is 1. The Labute approximate surface area is 111 Å². The van der Waals surface area contributed by atoms with E-state index in [4.69, 9.17) is 0 Å². The second-order valence-corrected chi connectivity index (χ2v) is 4.11. The molecule has 19 heavy (non-hydrogen) atoms. The van der Waals surface area contributed by atoms with Crippen LogP contribution in [0.25, 0.3) is 0 Å². The summed E-state index contributed by atoms with van der Waals surface area (Å²) in [6, 6.07) is 9.42. The zero-order valence-electron chi connectivity index (χ0n) is 10.6. The van der Waals surface area contributed by atoms with E-state index in [-0.39, 0.29) is 5.91 Å². The second kappa shape index (κ2) is 7.27. The fraction of sp³-hybridized carbons (Fsp3) is 0.308. The zero-order chi connectivity index (χ0) is 13.3. The summed E-state index contributed by atoms with van der Waals surface area (Å²) in [4.78, 5) is 11.6. The fourth-order valence-electron chi connectivity index (χ4n) is 1.65. The predicted octanol–water partition coefficient (Wildman–Crippen LogP) is 0.896. The number of benzene rings is 1. The number of amides is 1. The number of para-hydroxylation sites is 1. The minimum absolute atomic E-state index is 0.0352. The average Bonchev–Trinajstić information content (AvgIpc) is 2.92. The van der Waals surface area contributed by atoms with Gasteiger partial charge in [-0.3, -0.25) is 9.48 Å². The third-order valence-electron chi connectivity index (χ3n) is 2.56. The van der Waals surface area contributed by atoms with Gasteiger partial charge in [-0.1, -0.05) is 23.4 Å². The lowest BCUT2D eigenvalue weighted by Gasteiger charge is -2.06. The van der Waals surface area contributed by atoms with Crippen LogP contribution in [-0.2, 0) is 11.3 Å². The molecule has 0 aliphatic heterocycles. The minimum atomic E-state index is -0.0352. The van der Waals surface area contributed by atoms with E-state index in [0.717, 1.165) is 25.2 Å². The maximum Gasteiger partial charge on any atom is 0.238 e. The minimum Gasteiger partial charge on any atom is -0.325 e. The van der Waals surface area contributed by atoms with Crippen LogP contribution < -0.4 is 10.6 Å². The largest absolute Gasteiger partial charge is 0.325 e. The molecule has 0 aliphatic carbocycles. The molecule has 0 atom stereocenters. The van der Waals surface area contributed by atoms with Crippen LogP contribution in [0.3, 0.4) is 0 Å². The summed E-state index contributed by atoms with van der Waals surface area (Å²) in [7, 11) is 0. The highest BCUT2D eigenvalue weighted by molar-refractivity contribution is 5.92. The molecule has 1 aromatic heterocycles. The Hall–Kier alpha value is -2.21. The van der Waals surface area contributed by atoms with Crippen molar-refractivity contribution in [3.63, 3.8) is 0 Å². The van der Waals surface area contributed by atoms with E-state index < -0.39 is 0 Å². The quantitative estimate of drug-likeness (QED) is 0.725. The van der Waals surface area contributed by atoms with Gasteiger partial charge in [0.25, 0.3) is 0 Å². The number of carbonyl (C=O) groups is 1. The highest BCUT2D eigenvalue weighted by Gasteiger charge is 2.00. The average molecular weight is 259 g/mol. The van der Waals surface area contributed by atoms with Crippen molar-refractivity contribution in [3.05, 3.63) is 42.7 Å². The smallest absolute Gasteiger partial charge is 0.238 e. The lowest BCUT2D eigenvalue weighted by molar-refractivity contribution is -0.115. The lowest BCUT2D eigenvalue weighted by atomic mass is 10.3. The molecule has 1 aromatic carbocycles. The first-order chi connectivity index (χ1) is 9.34. The van der Waals surface area contributed by atoms with Gasteiger partial charge in [0, 0.05) is 18.4 Å². The highest BCUT2D eigenvalue weighted by Crippen LogP contribution is 2.03. The summed E-state index contributed by atoms with van der Waals surface area (Å²) < 4.78 is 1.77. The van der Waals surface area contributed by atoms with Crippen LogP contribution in [0, 0.1) is 0 Å². The third-order valence-corrected chi connectivity index (χ3v) is 2.56. The fourth-order valence-corrected chi connectivity index (χ4v) is 1.65. The molecule has 0 unspecified atom stereocenters. The van der Waals surface area contributed by atoms with Crippen LogP contribution in [0.5, 0.6) is 0 Å². The Morgan fingerprint density at radius 2 is 2.11 bits per heavy atom. The van der Waals surface area contributed by atoms with Crippen molar-refractivity contribution in [1.82, 2.24) is 20.3 Å². The van der Waals surface area contributed by atoms with E-state index in [0.29, 0.717) is 6.54 Å². The normalized spacial score (nSPS) is 10.3. The van der Waals surface area contributed by atoms with Crippen LogP contribution in [0.2, 0.25) is 0 Å². The molecule has 1 heterocycles. The number of rotatable bonds is 7. The van der Waals surface area contributed by atoms with Crippen molar-refractivity contribution < 1.29 is 4.79 Å². The van der Waals surface area contributed by atoms with E-state index in [1.54, 1.807) is 10.9 Å². The van der Waals surface area contributed by atoms with E-state index in [1.165, 1.54) is 0 Å². The van der Waals surface area contributed by atoms with Gasteiger partial charge in [-0.15, -0.1) is 5.10 Å². The second-order valence-electron chi connectivity index (χ2n) is 4.11. The maximum atomic E-state index is 11.6. The van der Waals surface area contributed by atoms with Gasteiger partial charge in [0.2, 0.25) is 5.91 Å². The van der Waals surface area contributed by atoms with Gasteiger partial charge in [-0.25, -0.2) is 0 Å². The number of nitrogens with zero attached hydrogens (tertiary/aromatic N) is 3. The molecule has 0 saturated heterocycles. The summed E-state index contributed by atoms with van der Waals surface area (Å²) in [5.74, 6) is -0.0352. The molecule has 6 heteroatoms. The summed E-state index contributed by atoms with van der Waals surface area (Å²) in [5.41, 5.74) is 0.817. The number of aromatic nitrogens is 3. The number of aryl methyl sites for hydroxylation is 1. The summed E-state index contributed by atoms with van der Waals surface area (Å²) in [6.07, 6.45) is 4.38. The van der Waals surface area contributed by atoms with E-state index in [9.17, 15) is 4.79 Å². The molecule has 0 bridgehead atoms. The Balaban J connectivity index is 1.57. The number of hydrogen-bond donors (Lipinski definition) is 2. The molecule has 2 aromatic rings. The molecule has 0 fully saturated rings. The molecule has 0 saturated carbocycles. The molecule has 0 spiro atoms. The van der Waals surface area contributed by atoms with Gasteiger partial charge < -0.3 is 10.6 Å². The van der Waals surface area contributed by atoms with Crippen molar-refractivity contribution in [3.8, 4) is 0 Å². The Morgan fingerprint density at radius 1 is 1.26 bits per heavy atom. The van der Waals surface area contributed by atoms with Gasteiger partial charge in [0.05, 0.1) is 12.7 Å². The topological polar surface area (TPSA) is 71.8 Å². The number of anilines is 1. The summed E-state index contributed by atoms with van der Waals surface area (Å²) in [6.45, 7) is 1.88. The molecule has 2 N–H and O–H groups in total. The highest BCUT2D eigenvalue weighted by atomic mass is 16.1. The van der Waals surface area contributed by atoms with Crippen LogP contribution in [0.1, 0.15) is 6.42 Å². The van der Waals surface area contributed by atoms with Crippen LogP contribution in [0.15, 0.2) is 42.7 Å². The Morgan fingerprint density at radius 3 is 2.84 bits per heavy atom. The van der Waals surface area contributed by atoms with Gasteiger partial charge >= 0.3 is 0 Å². The van der Waals surface area contributed by atoms with Gasteiger partial charge in [-0.2, -0.15) is 0 Å². The molecule has 2 rings (SSSR count). The molecule has 100 valence electrons. The SMILES string of the molecule is O=C(CNCCCn1ccnn1)Nc1ccccc1. The monoisotopic (exact) mass is 259 g/mol. The first-order valence-electron chi connectivity index (χ1n) is 6.24. The predicted molar refractivity (Wildman–Crippen MR) is 72.6 cm³/mol. The molecule has 0 radical (unpaired) electrons. The van der Waals surface area contributed by atoms with E-state index in [1.807, 2.05) is 36.5 Å². The third kappa shape index (κ3) is 4.89. The van der Waals surface area contributed by atoms with Crippen molar-refractivity contribution in [1.29, 1.82) is 0 Å². The van der Waals surface area contributed by atoms with Gasteiger partial charge in [0.1, 0.15) is 0 Å². The van der Waals surface area contributed by atoms with Crippen molar-refractivity contribution >= 4 is 11.6 Å². The van der Waals surface area contributed by atoms with Crippen LogP contribution in [-0.4, -0.2) is 34.0 Å².